The fourth-order valence-corrected chi connectivity index (χ4v) is 1.97. The average molecular weight is 213 g/mol. The molecule has 2 fully saturated rings. The van der Waals surface area contributed by atoms with Crippen molar-refractivity contribution in [3.8, 4) is 0 Å². The summed E-state index contributed by atoms with van der Waals surface area (Å²) in [5.41, 5.74) is 0. The van der Waals surface area contributed by atoms with Gasteiger partial charge in [-0.15, -0.1) is 0 Å². The molecule has 1 amide bonds. The second kappa shape index (κ2) is 4.92. The van der Waals surface area contributed by atoms with Crippen LogP contribution in [0.1, 0.15) is 0 Å². The van der Waals surface area contributed by atoms with E-state index >= 15 is 0 Å². The molecule has 0 aromatic rings. The summed E-state index contributed by atoms with van der Waals surface area (Å²) in [6, 6.07) is -0.123. The first-order valence-corrected chi connectivity index (χ1v) is 5.56. The lowest BCUT2D eigenvalue weighted by atomic mass is 10.2. The van der Waals surface area contributed by atoms with Crippen molar-refractivity contribution in [1.29, 1.82) is 0 Å². The molecular formula is C10H19N3O2. The molecule has 2 saturated heterocycles. The van der Waals surface area contributed by atoms with Crippen LogP contribution in [0.2, 0.25) is 0 Å². The molecule has 2 rings (SSSR count). The third-order valence-corrected chi connectivity index (χ3v) is 3.03. The Morgan fingerprint density at radius 2 is 2.07 bits per heavy atom. The van der Waals surface area contributed by atoms with E-state index in [4.69, 9.17) is 4.74 Å². The van der Waals surface area contributed by atoms with Crippen LogP contribution in [-0.4, -0.2) is 74.7 Å². The van der Waals surface area contributed by atoms with Gasteiger partial charge in [0.2, 0.25) is 5.91 Å². The van der Waals surface area contributed by atoms with Gasteiger partial charge in [0.15, 0.2) is 0 Å². The Kier molecular flexibility index (Phi) is 3.56. The summed E-state index contributed by atoms with van der Waals surface area (Å²) in [5, 5.41) is 3.20. The highest BCUT2D eigenvalue weighted by Crippen LogP contribution is 2.04. The Bertz CT molecular complexity index is 221. The van der Waals surface area contributed by atoms with Crippen molar-refractivity contribution >= 4 is 5.91 Å². The fraction of sp³-hybridized carbons (Fsp3) is 0.900. The second-order valence-electron chi connectivity index (χ2n) is 4.21. The Labute approximate surface area is 90.4 Å². The van der Waals surface area contributed by atoms with Crippen LogP contribution in [0.4, 0.5) is 0 Å². The van der Waals surface area contributed by atoms with Gasteiger partial charge in [-0.2, -0.15) is 0 Å². The minimum absolute atomic E-state index is 0.123. The zero-order chi connectivity index (χ0) is 10.7. The predicted octanol–water partition coefficient (Wildman–Crippen LogP) is -1.25. The van der Waals surface area contributed by atoms with E-state index in [1.54, 1.807) is 0 Å². The van der Waals surface area contributed by atoms with Crippen molar-refractivity contribution < 1.29 is 9.53 Å². The summed E-state index contributed by atoms with van der Waals surface area (Å²) in [6.45, 7) is 5.64. The third kappa shape index (κ3) is 2.68. The maximum absolute atomic E-state index is 12.0. The molecule has 5 heteroatoms. The van der Waals surface area contributed by atoms with Gasteiger partial charge in [0.25, 0.3) is 0 Å². The van der Waals surface area contributed by atoms with Gasteiger partial charge in [0.1, 0.15) is 6.04 Å². The average Bonchev–Trinajstić information content (AvgIpc) is 2.30. The SMILES string of the molecule is CN1CCN(C(=O)C2COCCN2)CC1. The number of nitrogens with zero attached hydrogens (tertiary/aromatic N) is 2. The van der Waals surface area contributed by atoms with E-state index in [9.17, 15) is 4.79 Å². The standard InChI is InChI=1S/C10H19N3O2/c1-12-3-5-13(6-4-12)10(14)9-8-15-7-2-11-9/h9,11H,2-8H2,1H3. The van der Waals surface area contributed by atoms with Crippen LogP contribution in [0.5, 0.6) is 0 Å². The highest BCUT2D eigenvalue weighted by Gasteiger charge is 2.27. The molecule has 0 saturated carbocycles. The molecule has 2 aliphatic heterocycles. The lowest BCUT2D eigenvalue weighted by molar-refractivity contribution is -0.137. The first kappa shape index (κ1) is 10.9. The Hall–Kier alpha value is -0.650. The minimum atomic E-state index is -0.123. The van der Waals surface area contributed by atoms with Crippen LogP contribution in [0.3, 0.4) is 0 Å². The maximum atomic E-state index is 12.0. The summed E-state index contributed by atoms with van der Waals surface area (Å²) >= 11 is 0. The summed E-state index contributed by atoms with van der Waals surface area (Å²) < 4.78 is 5.29. The molecule has 2 heterocycles. The number of ether oxygens (including phenoxy) is 1. The highest BCUT2D eigenvalue weighted by molar-refractivity contribution is 5.82. The number of amides is 1. The van der Waals surface area contributed by atoms with Crippen LogP contribution in [-0.2, 0) is 9.53 Å². The number of piperazine rings is 1. The van der Waals surface area contributed by atoms with E-state index in [-0.39, 0.29) is 11.9 Å². The Morgan fingerprint density at radius 3 is 2.67 bits per heavy atom. The number of carbonyl (C=O) groups is 1. The monoisotopic (exact) mass is 213 g/mol. The minimum Gasteiger partial charge on any atom is -0.378 e. The van der Waals surface area contributed by atoms with Gasteiger partial charge in [0.05, 0.1) is 13.2 Å². The van der Waals surface area contributed by atoms with E-state index < -0.39 is 0 Å². The number of carbonyl (C=O) groups excluding carboxylic acids is 1. The van der Waals surface area contributed by atoms with Crippen LogP contribution in [0, 0.1) is 0 Å². The fourth-order valence-electron chi connectivity index (χ4n) is 1.97. The highest BCUT2D eigenvalue weighted by atomic mass is 16.5. The van der Waals surface area contributed by atoms with Crippen LogP contribution < -0.4 is 5.32 Å². The van der Waals surface area contributed by atoms with Crippen LogP contribution >= 0.6 is 0 Å². The summed E-state index contributed by atoms with van der Waals surface area (Å²) in [5.74, 6) is 0.197. The molecule has 1 atom stereocenters. The number of hydrogen-bond donors (Lipinski definition) is 1. The molecular weight excluding hydrogens is 194 g/mol. The lowest BCUT2D eigenvalue weighted by Crippen LogP contribution is -2.56. The molecule has 2 aliphatic rings. The number of morpholine rings is 1. The van der Waals surface area contributed by atoms with Crippen LogP contribution in [0.25, 0.3) is 0 Å². The largest absolute Gasteiger partial charge is 0.378 e. The van der Waals surface area contributed by atoms with E-state index in [2.05, 4.69) is 17.3 Å². The van der Waals surface area contributed by atoms with Gasteiger partial charge < -0.3 is 19.9 Å². The second-order valence-corrected chi connectivity index (χ2v) is 4.21. The van der Waals surface area contributed by atoms with Gasteiger partial charge in [-0.25, -0.2) is 0 Å². The van der Waals surface area contributed by atoms with Gasteiger partial charge in [0, 0.05) is 32.7 Å². The molecule has 0 aliphatic carbocycles. The first-order chi connectivity index (χ1) is 7.27. The number of likely N-dealkylation sites (N-methyl/N-ethyl adjacent to an activating group) is 1. The molecule has 15 heavy (non-hydrogen) atoms. The topological polar surface area (TPSA) is 44.8 Å². The molecule has 1 unspecified atom stereocenters. The van der Waals surface area contributed by atoms with Gasteiger partial charge in [-0.3, -0.25) is 4.79 Å². The van der Waals surface area contributed by atoms with Crippen molar-refractivity contribution in [3.63, 3.8) is 0 Å². The Balaban J connectivity index is 1.84. The van der Waals surface area contributed by atoms with Crippen molar-refractivity contribution in [3.05, 3.63) is 0 Å². The smallest absolute Gasteiger partial charge is 0.242 e. The maximum Gasteiger partial charge on any atom is 0.242 e. The third-order valence-electron chi connectivity index (χ3n) is 3.03. The molecule has 0 radical (unpaired) electrons. The zero-order valence-electron chi connectivity index (χ0n) is 9.24. The van der Waals surface area contributed by atoms with Crippen molar-refractivity contribution in [2.75, 3.05) is 53.0 Å². The molecule has 0 bridgehead atoms. The van der Waals surface area contributed by atoms with Gasteiger partial charge in [-0.1, -0.05) is 0 Å². The van der Waals surface area contributed by atoms with E-state index in [0.717, 1.165) is 32.7 Å². The lowest BCUT2D eigenvalue weighted by Gasteiger charge is -2.35. The number of rotatable bonds is 1. The van der Waals surface area contributed by atoms with Gasteiger partial charge >= 0.3 is 0 Å². The zero-order valence-corrected chi connectivity index (χ0v) is 9.24. The van der Waals surface area contributed by atoms with E-state index in [1.165, 1.54) is 0 Å². The molecule has 1 N–H and O–H groups in total. The number of hydrogen-bond acceptors (Lipinski definition) is 4. The predicted molar refractivity (Wildman–Crippen MR) is 56.7 cm³/mol. The number of nitrogens with one attached hydrogen (secondary N) is 1. The first-order valence-electron chi connectivity index (χ1n) is 5.56. The van der Waals surface area contributed by atoms with Crippen LogP contribution in [0.15, 0.2) is 0 Å². The molecule has 5 nitrogen and oxygen atoms in total. The molecule has 0 spiro atoms. The van der Waals surface area contributed by atoms with Crippen molar-refractivity contribution in [1.82, 2.24) is 15.1 Å². The molecule has 86 valence electrons. The Morgan fingerprint density at radius 1 is 1.33 bits per heavy atom. The quantitative estimate of drug-likeness (QED) is 0.591. The summed E-state index contributed by atoms with van der Waals surface area (Å²) in [6.07, 6.45) is 0. The van der Waals surface area contributed by atoms with Crippen molar-refractivity contribution in [2.45, 2.75) is 6.04 Å². The van der Waals surface area contributed by atoms with Gasteiger partial charge in [-0.05, 0) is 7.05 Å². The summed E-state index contributed by atoms with van der Waals surface area (Å²) in [4.78, 5) is 16.2. The van der Waals surface area contributed by atoms with E-state index in [1.807, 2.05) is 4.90 Å². The summed E-state index contributed by atoms with van der Waals surface area (Å²) in [7, 11) is 2.09. The van der Waals surface area contributed by atoms with E-state index in [0.29, 0.717) is 13.2 Å². The molecule has 0 aromatic heterocycles. The van der Waals surface area contributed by atoms with Crippen molar-refractivity contribution in [2.24, 2.45) is 0 Å². The normalized spacial score (nSPS) is 29.1. The molecule has 0 aromatic carbocycles.